The molecule has 1 amide bonds. The fraction of sp³-hybridized carbons (Fsp3) is 0.583. The topological polar surface area (TPSA) is 70.4 Å². The summed E-state index contributed by atoms with van der Waals surface area (Å²) < 4.78 is 4.84. The van der Waals surface area contributed by atoms with Crippen molar-refractivity contribution in [1.82, 2.24) is 4.90 Å². The van der Waals surface area contributed by atoms with Gasteiger partial charge in [0.1, 0.15) is 19.5 Å². The molecule has 0 aromatic rings. The van der Waals surface area contributed by atoms with Crippen molar-refractivity contribution in [2.75, 3.05) is 19.8 Å². The number of aldehydes is 1. The second-order valence-corrected chi connectivity index (χ2v) is 3.62. The summed E-state index contributed by atoms with van der Waals surface area (Å²) in [5.41, 5.74) is 0. The first-order valence-electron chi connectivity index (χ1n) is 5.44. The fourth-order valence-corrected chi connectivity index (χ4v) is 1.63. The van der Waals surface area contributed by atoms with E-state index in [2.05, 4.69) is 11.8 Å². The molecule has 0 N–H and O–H groups in total. The molecule has 90 valence electrons. The molecule has 1 aliphatic heterocycles. The molecule has 1 atom stereocenters. The van der Waals surface area contributed by atoms with Crippen molar-refractivity contribution in [3.05, 3.63) is 0 Å². The lowest BCUT2D eigenvalue weighted by molar-refractivity contribution is -0.138. The van der Waals surface area contributed by atoms with Gasteiger partial charge in [-0.3, -0.25) is 4.79 Å². The van der Waals surface area contributed by atoms with Gasteiger partial charge >= 0.3 is 0 Å². The van der Waals surface area contributed by atoms with Crippen LogP contribution in [0.1, 0.15) is 19.3 Å². The Labute approximate surface area is 100 Å². The van der Waals surface area contributed by atoms with Gasteiger partial charge in [0.05, 0.1) is 18.7 Å². The maximum atomic E-state index is 11.6. The summed E-state index contributed by atoms with van der Waals surface area (Å²) in [6, 6.07) is 1.49. The molecule has 1 fully saturated rings. The second kappa shape index (κ2) is 7.43. The van der Waals surface area contributed by atoms with Crippen LogP contribution in [0.25, 0.3) is 0 Å². The number of nitrogens with zero attached hydrogens (tertiary/aromatic N) is 2. The number of nitriles is 1. The van der Waals surface area contributed by atoms with Crippen molar-refractivity contribution in [2.45, 2.75) is 25.3 Å². The van der Waals surface area contributed by atoms with Gasteiger partial charge in [0.2, 0.25) is 5.91 Å². The van der Waals surface area contributed by atoms with E-state index in [9.17, 15) is 9.59 Å². The van der Waals surface area contributed by atoms with Crippen LogP contribution in [-0.2, 0) is 14.3 Å². The smallest absolute Gasteiger partial charge is 0.223 e. The molecule has 0 unspecified atom stereocenters. The molecular formula is C12H14N2O3. The molecule has 5 nitrogen and oxygen atoms in total. The van der Waals surface area contributed by atoms with E-state index in [0.29, 0.717) is 12.8 Å². The largest absolute Gasteiger partial charge is 0.354 e. The highest BCUT2D eigenvalue weighted by atomic mass is 16.5. The summed E-state index contributed by atoms with van der Waals surface area (Å²) in [6.45, 7) is 0.424. The van der Waals surface area contributed by atoms with Crippen LogP contribution in [0.4, 0.5) is 0 Å². The molecule has 1 heterocycles. The second-order valence-electron chi connectivity index (χ2n) is 3.62. The zero-order valence-corrected chi connectivity index (χ0v) is 9.52. The van der Waals surface area contributed by atoms with Gasteiger partial charge in [0, 0.05) is 6.42 Å². The van der Waals surface area contributed by atoms with Crippen LogP contribution >= 0.6 is 0 Å². The van der Waals surface area contributed by atoms with Crippen LogP contribution in [0.5, 0.6) is 0 Å². The Morgan fingerprint density at radius 1 is 1.47 bits per heavy atom. The number of hydrogen-bond acceptors (Lipinski definition) is 4. The lowest BCUT2D eigenvalue weighted by Crippen LogP contribution is -2.44. The van der Waals surface area contributed by atoms with E-state index < -0.39 is 0 Å². The molecule has 1 aliphatic rings. The summed E-state index contributed by atoms with van der Waals surface area (Å²) >= 11 is 0. The Morgan fingerprint density at radius 3 is 3.00 bits per heavy atom. The summed E-state index contributed by atoms with van der Waals surface area (Å²) in [7, 11) is 0. The molecule has 0 spiro atoms. The average molecular weight is 234 g/mol. The number of likely N-dealkylation sites (tertiary alicyclic amines) is 1. The number of ether oxygens (including phenoxy) is 1. The molecular weight excluding hydrogens is 220 g/mol. The quantitative estimate of drug-likeness (QED) is 0.393. The highest BCUT2D eigenvalue weighted by Crippen LogP contribution is 2.15. The van der Waals surface area contributed by atoms with Crippen molar-refractivity contribution in [1.29, 1.82) is 5.26 Å². The molecule has 5 heteroatoms. The van der Waals surface area contributed by atoms with Gasteiger partial charge in [-0.15, -0.1) is 0 Å². The average Bonchev–Trinajstić information content (AvgIpc) is 2.35. The molecule has 0 aromatic heterocycles. The Balaban J connectivity index is 2.39. The summed E-state index contributed by atoms with van der Waals surface area (Å²) in [4.78, 5) is 23.8. The molecule has 1 rings (SSSR count). The standard InChI is InChI=1S/C12H14N2O3/c13-6-9-17-8-2-1-7-14-11(10-15)4-3-5-12(14)16/h10-11H,3-5,7-9H2/t11-/m1/s1. The van der Waals surface area contributed by atoms with E-state index in [4.69, 9.17) is 10.00 Å². The third-order valence-corrected chi connectivity index (χ3v) is 2.48. The van der Waals surface area contributed by atoms with Gasteiger partial charge in [0.15, 0.2) is 0 Å². The Bertz CT molecular complexity index is 375. The first-order valence-corrected chi connectivity index (χ1v) is 5.44. The zero-order valence-electron chi connectivity index (χ0n) is 9.52. The predicted molar refractivity (Wildman–Crippen MR) is 59.6 cm³/mol. The van der Waals surface area contributed by atoms with E-state index in [-0.39, 0.29) is 31.7 Å². The third-order valence-electron chi connectivity index (χ3n) is 2.48. The molecule has 0 saturated carbocycles. The molecule has 0 radical (unpaired) electrons. The minimum atomic E-state index is -0.342. The van der Waals surface area contributed by atoms with Gasteiger partial charge < -0.3 is 14.4 Å². The van der Waals surface area contributed by atoms with E-state index in [1.165, 1.54) is 4.90 Å². The van der Waals surface area contributed by atoms with E-state index in [1.807, 2.05) is 6.07 Å². The van der Waals surface area contributed by atoms with Gasteiger partial charge in [-0.25, -0.2) is 0 Å². The van der Waals surface area contributed by atoms with Crippen LogP contribution in [0.15, 0.2) is 0 Å². The Morgan fingerprint density at radius 2 is 2.29 bits per heavy atom. The van der Waals surface area contributed by atoms with Gasteiger partial charge in [-0.05, 0) is 12.8 Å². The maximum absolute atomic E-state index is 11.6. The van der Waals surface area contributed by atoms with Crippen LogP contribution in [-0.4, -0.2) is 42.9 Å². The number of piperidine rings is 1. The number of rotatable bonds is 4. The van der Waals surface area contributed by atoms with Crippen LogP contribution in [0.3, 0.4) is 0 Å². The van der Waals surface area contributed by atoms with Crippen molar-refractivity contribution in [3.63, 3.8) is 0 Å². The van der Waals surface area contributed by atoms with Crippen molar-refractivity contribution in [3.8, 4) is 17.9 Å². The third kappa shape index (κ3) is 4.26. The van der Waals surface area contributed by atoms with Gasteiger partial charge in [-0.1, -0.05) is 11.8 Å². The normalized spacial score (nSPS) is 19.1. The minimum absolute atomic E-state index is 0.00822. The highest BCUT2D eigenvalue weighted by molar-refractivity contribution is 5.81. The molecule has 1 saturated heterocycles. The monoisotopic (exact) mass is 234 g/mol. The van der Waals surface area contributed by atoms with Crippen LogP contribution in [0, 0.1) is 23.2 Å². The minimum Gasteiger partial charge on any atom is -0.354 e. The number of hydrogen-bond donors (Lipinski definition) is 0. The van der Waals surface area contributed by atoms with Crippen LogP contribution < -0.4 is 0 Å². The fourth-order valence-electron chi connectivity index (χ4n) is 1.63. The van der Waals surface area contributed by atoms with E-state index >= 15 is 0 Å². The maximum Gasteiger partial charge on any atom is 0.223 e. The van der Waals surface area contributed by atoms with Gasteiger partial charge in [0.25, 0.3) is 0 Å². The number of carbonyl (C=O) groups is 2. The van der Waals surface area contributed by atoms with Crippen LogP contribution in [0.2, 0.25) is 0 Å². The van der Waals surface area contributed by atoms with Crippen molar-refractivity contribution in [2.24, 2.45) is 0 Å². The van der Waals surface area contributed by atoms with Crippen molar-refractivity contribution >= 4 is 12.2 Å². The molecule has 0 aromatic carbocycles. The molecule has 0 aliphatic carbocycles. The highest BCUT2D eigenvalue weighted by Gasteiger charge is 2.26. The summed E-state index contributed by atoms with van der Waals surface area (Å²) in [6.07, 6.45) is 2.75. The van der Waals surface area contributed by atoms with E-state index in [0.717, 1.165) is 12.7 Å². The van der Waals surface area contributed by atoms with E-state index in [1.54, 1.807) is 0 Å². The Kier molecular flexibility index (Phi) is 5.77. The lowest BCUT2D eigenvalue weighted by Gasteiger charge is -2.30. The predicted octanol–water partition coefficient (Wildman–Crippen LogP) is 0.110. The zero-order chi connectivity index (χ0) is 12.5. The summed E-state index contributed by atoms with van der Waals surface area (Å²) in [5, 5.41) is 8.21. The SMILES string of the molecule is N#CCOCC#CCN1C(=O)CCC[C@@H]1C=O. The molecule has 17 heavy (non-hydrogen) atoms. The molecule has 0 bridgehead atoms. The Hall–Kier alpha value is -1.85. The lowest BCUT2D eigenvalue weighted by atomic mass is 10.0. The number of amides is 1. The van der Waals surface area contributed by atoms with Crippen molar-refractivity contribution < 1.29 is 14.3 Å². The summed E-state index contributed by atoms with van der Waals surface area (Å²) in [5.74, 6) is 5.44. The first-order chi connectivity index (χ1) is 8.29. The first kappa shape index (κ1) is 13.2. The number of carbonyl (C=O) groups excluding carboxylic acids is 2. The van der Waals surface area contributed by atoms with Gasteiger partial charge in [-0.2, -0.15) is 5.26 Å².